The Balaban J connectivity index is 1.07. The molecule has 0 spiro atoms. The number of carbonyl (C=O) groups is 1. The van der Waals surface area contributed by atoms with Crippen molar-refractivity contribution in [3.8, 4) is 23.2 Å². The molecule has 3 aliphatic heterocycles. The molecule has 3 fully saturated rings. The zero-order valence-electron chi connectivity index (χ0n) is 24.6. The predicted molar refractivity (Wildman–Crippen MR) is 162 cm³/mol. The fraction of sp³-hybridized carbons (Fsp3) is 0.452. The minimum Gasteiger partial charge on any atom is -0.486 e. The van der Waals surface area contributed by atoms with Gasteiger partial charge in [0.25, 0.3) is 5.91 Å². The van der Waals surface area contributed by atoms with Crippen LogP contribution in [0.1, 0.15) is 12.0 Å². The number of benzene rings is 2. The number of carbonyl (C=O) groups excluding carboxylic acids is 1. The van der Waals surface area contributed by atoms with Gasteiger partial charge in [-0.3, -0.25) is 9.69 Å². The minimum atomic E-state index is -1.58. The number of halogens is 1. The number of nitrogens with one attached hydrogen (secondary N) is 1. The average Bonchev–Trinajstić information content (AvgIpc) is 3.05. The van der Waals surface area contributed by atoms with Gasteiger partial charge in [0.15, 0.2) is 18.1 Å². The van der Waals surface area contributed by atoms with Crippen molar-refractivity contribution in [2.45, 2.75) is 30.8 Å². The summed E-state index contributed by atoms with van der Waals surface area (Å²) in [6, 6.07) is 15.6. The van der Waals surface area contributed by atoms with Crippen molar-refractivity contribution in [2.24, 2.45) is 0 Å². The molecule has 0 saturated carbocycles. The minimum absolute atomic E-state index is 0.151. The number of hydrogen-bond donors (Lipinski definition) is 3. The third-order valence-corrected chi connectivity index (χ3v) is 8.40. The van der Waals surface area contributed by atoms with E-state index in [0.717, 1.165) is 55.7 Å². The first kappa shape index (κ1) is 30.6. The molecule has 1 amide bonds. The van der Waals surface area contributed by atoms with Crippen LogP contribution in [-0.2, 0) is 9.53 Å². The van der Waals surface area contributed by atoms with Crippen molar-refractivity contribution in [3.63, 3.8) is 0 Å². The van der Waals surface area contributed by atoms with E-state index in [1.165, 1.54) is 6.33 Å². The second-order valence-corrected chi connectivity index (χ2v) is 11.3. The van der Waals surface area contributed by atoms with Crippen molar-refractivity contribution in [2.75, 3.05) is 69.3 Å². The van der Waals surface area contributed by atoms with Crippen LogP contribution in [0.25, 0.3) is 11.4 Å². The number of aliphatic hydroxyl groups excluding tert-OH is 2. The number of alkyl halides is 1. The zero-order valence-corrected chi connectivity index (χ0v) is 24.6. The number of piperazine rings is 1. The van der Waals surface area contributed by atoms with Crippen molar-refractivity contribution >= 4 is 23.2 Å². The number of aliphatic hydroxyl groups is 2. The van der Waals surface area contributed by atoms with Gasteiger partial charge in [-0.2, -0.15) is 10.2 Å². The highest BCUT2D eigenvalue weighted by Gasteiger charge is 2.35. The lowest BCUT2D eigenvalue weighted by Crippen LogP contribution is -2.56. The van der Waals surface area contributed by atoms with Gasteiger partial charge >= 0.3 is 0 Å². The largest absolute Gasteiger partial charge is 0.486 e. The lowest BCUT2D eigenvalue weighted by Gasteiger charge is -2.43. The summed E-state index contributed by atoms with van der Waals surface area (Å²) in [5.41, 5.74) is 2.72. The van der Waals surface area contributed by atoms with Crippen molar-refractivity contribution < 1.29 is 28.9 Å². The Labute approximate surface area is 259 Å². The number of amides is 1. The SMILES string of the molecule is N#Cc1cc(-c2ncnc(Nc3ccc(N4CCN(C5COC5)CC4)cc3)n2)ccc1O[C@H]1CCN(C(=O)[C@H](O)CO)C[C@@H]1F. The molecule has 0 radical (unpaired) electrons. The fourth-order valence-corrected chi connectivity index (χ4v) is 5.69. The number of rotatable bonds is 9. The second-order valence-electron chi connectivity index (χ2n) is 11.3. The highest BCUT2D eigenvalue weighted by atomic mass is 19.1. The Kier molecular flexibility index (Phi) is 9.31. The molecule has 14 heteroatoms. The van der Waals surface area contributed by atoms with Gasteiger partial charge in [0.1, 0.15) is 24.3 Å². The highest BCUT2D eigenvalue weighted by Crippen LogP contribution is 2.29. The summed E-state index contributed by atoms with van der Waals surface area (Å²) in [5.74, 6) is 0.166. The number of nitriles is 1. The number of nitrogens with zero attached hydrogens (tertiary/aromatic N) is 7. The number of aromatic nitrogens is 3. The first-order valence-electron chi connectivity index (χ1n) is 15.0. The van der Waals surface area contributed by atoms with E-state index >= 15 is 0 Å². The van der Waals surface area contributed by atoms with Gasteiger partial charge in [0.2, 0.25) is 5.95 Å². The van der Waals surface area contributed by atoms with Gasteiger partial charge in [-0.15, -0.1) is 0 Å². The molecular formula is C31H35FN8O5. The lowest BCUT2D eigenvalue weighted by molar-refractivity contribution is -0.146. The predicted octanol–water partition coefficient (Wildman–Crippen LogP) is 1.35. The van der Waals surface area contributed by atoms with Crippen LogP contribution in [0.5, 0.6) is 5.75 Å². The third kappa shape index (κ3) is 6.97. The molecule has 3 atom stereocenters. The fourth-order valence-electron chi connectivity index (χ4n) is 5.69. The molecule has 2 aromatic carbocycles. The van der Waals surface area contributed by atoms with E-state index in [2.05, 4.69) is 48.3 Å². The summed E-state index contributed by atoms with van der Waals surface area (Å²) >= 11 is 0. The summed E-state index contributed by atoms with van der Waals surface area (Å²) in [7, 11) is 0. The van der Waals surface area contributed by atoms with Crippen LogP contribution in [0.3, 0.4) is 0 Å². The molecule has 0 unspecified atom stereocenters. The molecule has 6 rings (SSSR count). The van der Waals surface area contributed by atoms with Crippen LogP contribution in [-0.4, -0.2) is 124 Å². The van der Waals surface area contributed by atoms with Crippen molar-refractivity contribution in [3.05, 3.63) is 54.4 Å². The normalized spacial score (nSPS) is 21.5. The van der Waals surface area contributed by atoms with E-state index in [1.54, 1.807) is 18.2 Å². The van der Waals surface area contributed by atoms with Crippen LogP contribution in [0, 0.1) is 11.3 Å². The van der Waals surface area contributed by atoms with E-state index in [0.29, 0.717) is 23.4 Å². The summed E-state index contributed by atoms with van der Waals surface area (Å²) in [5, 5.41) is 31.6. The maximum absolute atomic E-state index is 14.9. The zero-order chi connectivity index (χ0) is 31.3. The Morgan fingerprint density at radius 2 is 1.91 bits per heavy atom. The van der Waals surface area contributed by atoms with Crippen LogP contribution in [0.4, 0.5) is 21.7 Å². The lowest BCUT2D eigenvalue weighted by atomic mass is 10.0. The summed E-state index contributed by atoms with van der Waals surface area (Å²) in [6.45, 7) is 4.81. The molecule has 3 aliphatic rings. The maximum atomic E-state index is 14.9. The first-order valence-corrected chi connectivity index (χ1v) is 15.0. The van der Waals surface area contributed by atoms with E-state index in [-0.39, 0.29) is 30.8 Å². The topological polar surface area (TPSA) is 160 Å². The average molecular weight is 619 g/mol. The highest BCUT2D eigenvalue weighted by molar-refractivity contribution is 5.81. The molecular weight excluding hydrogens is 583 g/mol. The van der Waals surface area contributed by atoms with Gasteiger partial charge in [-0.1, -0.05) is 0 Å². The number of likely N-dealkylation sites (tertiary alicyclic amines) is 1. The molecule has 4 heterocycles. The van der Waals surface area contributed by atoms with E-state index in [1.807, 2.05) is 12.1 Å². The molecule has 0 bridgehead atoms. The Morgan fingerprint density at radius 1 is 1.13 bits per heavy atom. The molecule has 1 aromatic heterocycles. The molecule has 0 aliphatic carbocycles. The number of piperidine rings is 1. The van der Waals surface area contributed by atoms with E-state index in [9.17, 15) is 19.6 Å². The molecule has 45 heavy (non-hydrogen) atoms. The number of anilines is 3. The van der Waals surface area contributed by atoms with Gasteiger partial charge in [-0.25, -0.2) is 14.4 Å². The van der Waals surface area contributed by atoms with Crippen LogP contribution >= 0.6 is 0 Å². The molecule has 3 N–H and O–H groups in total. The molecule has 3 saturated heterocycles. The molecule has 236 valence electrons. The smallest absolute Gasteiger partial charge is 0.253 e. The Bertz CT molecular complexity index is 1530. The quantitative estimate of drug-likeness (QED) is 0.316. The van der Waals surface area contributed by atoms with Gasteiger partial charge < -0.3 is 34.8 Å². The molecule has 3 aromatic rings. The number of ether oxygens (including phenoxy) is 2. The van der Waals surface area contributed by atoms with Crippen LogP contribution in [0.15, 0.2) is 48.8 Å². The Morgan fingerprint density at radius 3 is 2.58 bits per heavy atom. The first-order chi connectivity index (χ1) is 21.9. The van der Waals surface area contributed by atoms with Crippen LogP contribution in [0.2, 0.25) is 0 Å². The van der Waals surface area contributed by atoms with Crippen LogP contribution < -0.4 is 15.0 Å². The van der Waals surface area contributed by atoms with Gasteiger partial charge in [-0.05, 0) is 42.5 Å². The summed E-state index contributed by atoms with van der Waals surface area (Å²) < 4.78 is 26.1. The third-order valence-electron chi connectivity index (χ3n) is 8.40. The van der Waals surface area contributed by atoms with Gasteiger partial charge in [0, 0.05) is 56.1 Å². The van der Waals surface area contributed by atoms with E-state index < -0.39 is 30.9 Å². The Hall–Kier alpha value is -4.42. The van der Waals surface area contributed by atoms with Crippen molar-refractivity contribution in [1.82, 2.24) is 24.8 Å². The van der Waals surface area contributed by atoms with E-state index in [4.69, 9.17) is 14.6 Å². The second kappa shape index (κ2) is 13.7. The van der Waals surface area contributed by atoms with Crippen molar-refractivity contribution in [1.29, 1.82) is 5.26 Å². The summed E-state index contributed by atoms with van der Waals surface area (Å²) in [4.78, 5) is 31.2. The standard InChI is InChI=1S/C31H35FN8O5/c32-25-15-40(30(43)26(42)16-41)8-7-28(25)45-27-6-1-20(13-21(27)14-33)29-34-19-35-31(37-29)36-22-2-4-23(5-3-22)38-9-11-39(12-10-38)24-17-44-18-24/h1-6,13,19,24-26,28,41-42H,7-12,15-18H2,(H,34,35,36,37)/t25-,26+,28-/m0/s1. The number of hydrogen-bond acceptors (Lipinski definition) is 12. The summed E-state index contributed by atoms with van der Waals surface area (Å²) in [6.07, 6.45) is -2.45. The van der Waals surface area contributed by atoms with Gasteiger partial charge in [0.05, 0.1) is 38.0 Å². The monoisotopic (exact) mass is 618 g/mol. The molecule has 13 nitrogen and oxygen atoms in total. The maximum Gasteiger partial charge on any atom is 0.253 e.